The van der Waals surface area contributed by atoms with Gasteiger partial charge in [-0.2, -0.15) is 11.8 Å². The van der Waals surface area contributed by atoms with E-state index in [0.29, 0.717) is 12.0 Å². The van der Waals surface area contributed by atoms with E-state index in [0.717, 1.165) is 18.6 Å². The number of amides is 2. The van der Waals surface area contributed by atoms with Crippen molar-refractivity contribution in [1.29, 1.82) is 0 Å². The SMILES string of the molecule is CSCC[C@H](NC(=O)c1ccccc1)C(=O)N[C@@H](C)CCc1ccccc1. The van der Waals surface area contributed by atoms with E-state index in [2.05, 4.69) is 22.8 Å². The van der Waals surface area contributed by atoms with E-state index in [9.17, 15) is 9.59 Å². The highest BCUT2D eigenvalue weighted by molar-refractivity contribution is 7.98. The standard InChI is InChI=1S/C22H28N2O2S/c1-17(13-14-18-9-5-3-6-10-18)23-22(26)20(15-16-27-2)24-21(25)19-11-7-4-8-12-19/h3-12,17,20H,13-16H2,1-2H3,(H,23,26)(H,24,25)/t17-,20-/m0/s1. The van der Waals surface area contributed by atoms with Crippen LogP contribution in [0.25, 0.3) is 0 Å². The maximum Gasteiger partial charge on any atom is 0.251 e. The molecule has 0 saturated heterocycles. The minimum atomic E-state index is -0.524. The fourth-order valence-corrected chi connectivity index (χ4v) is 3.25. The van der Waals surface area contributed by atoms with Crippen LogP contribution in [0.4, 0.5) is 0 Å². The molecule has 0 aromatic heterocycles. The van der Waals surface area contributed by atoms with Crippen LogP contribution in [0.15, 0.2) is 60.7 Å². The summed E-state index contributed by atoms with van der Waals surface area (Å²) in [5.41, 5.74) is 1.83. The first-order valence-electron chi connectivity index (χ1n) is 9.29. The lowest BCUT2D eigenvalue weighted by Gasteiger charge is -2.21. The van der Waals surface area contributed by atoms with Gasteiger partial charge in [0.2, 0.25) is 5.91 Å². The van der Waals surface area contributed by atoms with Gasteiger partial charge in [0, 0.05) is 11.6 Å². The van der Waals surface area contributed by atoms with Crippen molar-refractivity contribution >= 4 is 23.6 Å². The van der Waals surface area contributed by atoms with Crippen molar-refractivity contribution in [2.24, 2.45) is 0 Å². The molecule has 27 heavy (non-hydrogen) atoms. The molecule has 0 fully saturated rings. The Hall–Kier alpha value is -2.27. The summed E-state index contributed by atoms with van der Waals surface area (Å²) < 4.78 is 0. The van der Waals surface area contributed by atoms with Gasteiger partial charge >= 0.3 is 0 Å². The molecular formula is C22H28N2O2S. The zero-order valence-corrected chi connectivity index (χ0v) is 16.8. The van der Waals surface area contributed by atoms with Gasteiger partial charge in [0.05, 0.1) is 0 Å². The molecule has 5 heteroatoms. The number of nitrogens with one attached hydrogen (secondary N) is 2. The van der Waals surface area contributed by atoms with Crippen molar-refractivity contribution in [2.75, 3.05) is 12.0 Å². The topological polar surface area (TPSA) is 58.2 Å². The molecule has 0 aliphatic heterocycles. The molecular weight excluding hydrogens is 356 g/mol. The molecule has 0 spiro atoms. The van der Waals surface area contributed by atoms with Crippen LogP contribution in [0.2, 0.25) is 0 Å². The Bertz CT molecular complexity index is 707. The molecule has 0 saturated carbocycles. The Morgan fingerprint density at radius 3 is 2.19 bits per heavy atom. The van der Waals surface area contributed by atoms with E-state index in [1.165, 1.54) is 5.56 Å². The Morgan fingerprint density at radius 2 is 1.56 bits per heavy atom. The lowest BCUT2D eigenvalue weighted by Crippen LogP contribution is -2.49. The van der Waals surface area contributed by atoms with Crippen molar-refractivity contribution in [3.63, 3.8) is 0 Å². The predicted octanol–water partition coefficient (Wildman–Crippen LogP) is 3.68. The molecule has 2 aromatic rings. The number of benzene rings is 2. The fraction of sp³-hybridized carbons (Fsp3) is 0.364. The van der Waals surface area contributed by atoms with Crippen LogP contribution < -0.4 is 10.6 Å². The Balaban J connectivity index is 1.89. The summed E-state index contributed by atoms with van der Waals surface area (Å²) in [5.74, 6) is 0.480. The van der Waals surface area contributed by atoms with Gasteiger partial charge in [-0.25, -0.2) is 0 Å². The third kappa shape index (κ3) is 7.47. The molecule has 0 heterocycles. The maximum atomic E-state index is 12.7. The van der Waals surface area contributed by atoms with Gasteiger partial charge in [0.25, 0.3) is 5.91 Å². The summed E-state index contributed by atoms with van der Waals surface area (Å²) in [7, 11) is 0. The minimum absolute atomic E-state index is 0.0445. The molecule has 2 aromatic carbocycles. The molecule has 0 bridgehead atoms. The van der Waals surface area contributed by atoms with Crippen LogP contribution in [-0.4, -0.2) is 35.9 Å². The second-order valence-electron chi connectivity index (χ2n) is 6.61. The van der Waals surface area contributed by atoms with Gasteiger partial charge in [0.15, 0.2) is 0 Å². The quantitative estimate of drug-likeness (QED) is 0.657. The first-order valence-corrected chi connectivity index (χ1v) is 10.7. The lowest BCUT2D eigenvalue weighted by molar-refractivity contribution is -0.123. The molecule has 0 aliphatic carbocycles. The van der Waals surface area contributed by atoms with Crippen LogP contribution in [0.5, 0.6) is 0 Å². The highest BCUT2D eigenvalue weighted by Crippen LogP contribution is 2.07. The molecule has 2 amide bonds. The highest BCUT2D eigenvalue weighted by atomic mass is 32.2. The normalized spacial score (nSPS) is 12.8. The third-order valence-electron chi connectivity index (χ3n) is 4.37. The van der Waals surface area contributed by atoms with Gasteiger partial charge in [-0.15, -0.1) is 0 Å². The number of rotatable bonds is 10. The predicted molar refractivity (Wildman–Crippen MR) is 113 cm³/mol. The largest absolute Gasteiger partial charge is 0.352 e. The van der Waals surface area contributed by atoms with Crippen molar-refractivity contribution in [2.45, 2.75) is 38.3 Å². The summed E-state index contributed by atoms with van der Waals surface area (Å²) in [5, 5.41) is 5.94. The van der Waals surface area contributed by atoms with E-state index < -0.39 is 6.04 Å². The van der Waals surface area contributed by atoms with Crippen LogP contribution in [-0.2, 0) is 11.2 Å². The minimum Gasteiger partial charge on any atom is -0.352 e. The van der Waals surface area contributed by atoms with Crippen molar-refractivity contribution < 1.29 is 9.59 Å². The van der Waals surface area contributed by atoms with Crippen molar-refractivity contribution in [3.8, 4) is 0 Å². The highest BCUT2D eigenvalue weighted by Gasteiger charge is 2.22. The molecule has 2 rings (SSSR count). The Morgan fingerprint density at radius 1 is 0.926 bits per heavy atom. The van der Waals surface area contributed by atoms with Gasteiger partial charge in [-0.3, -0.25) is 9.59 Å². The average Bonchev–Trinajstić information content (AvgIpc) is 2.70. The average molecular weight is 385 g/mol. The molecule has 2 atom stereocenters. The third-order valence-corrected chi connectivity index (χ3v) is 5.01. The van der Waals surface area contributed by atoms with E-state index in [1.54, 1.807) is 23.9 Å². The van der Waals surface area contributed by atoms with E-state index >= 15 is 0 Å². The molecule has 2 N–H and O–H groups in total. The molecule has 0 unspecified atom stereocenters. The molecule has 144 valence electrons. The number of hydrogen-bond acceptors (Lipinski definition) is 3. The zero-order valence-electron chi connectivity index (χ0n) is 16.0. The lowest BCUT2D eigenvalue weighted by atomic mass is 10.1. The van der Waals surface area contributed by atoms with E-state index in [4.69, 9.17) is 0 Å². The van der Waals surface area contributed by atoms with E-state index in [-0.39, 0.29) is 17.9 Å². The molecule has 0 radical (unpaired) electrons. The number of carbonyl (C=O) groups is 2. The summed E-state index contributed by atoms with van der Waals surface area (Å²) in [4.78, 5) is 25.1. The summed E-state index contributed by atoms with van der Waals surface area (Å²) in [6.07, 6.45) is 4.37. The van der Waals surface area contributed by atoms with Crippen LogP contribution in [0.3, 0.4) is 0 Å². The Kier molecular flexibility index (Phi) is 8.92. The first kappa shape index (κ1) is 21.0. The van der Waals surface area contributed by atoms with Crippen LogP contribution in [0, 0.1) is 0 Å². The van der Waals surface area contributed by atoms with Gasteiger partial charge in [-0.05, 0) is 55.9 Å². The van der Waals surface area contributed by atoms with E-state index in [1.807, 2.05) is 49.6 Å². The summed E-state index contributed by atoms with van der Waals surface area (Å²) in [6, 6.07) is 18.8. The number of aryl methyl sites for hydroxylation is 1. The fourth-order valence-electron chi connectivity index (χ4n) is 2.78. The van der Waals surface area contributed by atoms with Crippen molar-refractivity contribution in [3.05, 3.63) is 71.8 Å². The second-order valence-corrected chi connectivity index (χ2v) is 7.59. The first-order chi connectivity index (χ1) is 13.1. The smallest absolute Gasteiger partial charge is 0.251 e. The second kappa shape index (κ2) is 11.4. The Labute approximate surface area is 166 Å². The molecule has 4 nitrogen and oxygen atoms in total. The van der Waals surface area contributed by atoms with Gasteiger partial charge in [-0.1, -0.05) is 48.5 Å². The zero-order chi connectivity index (χ0) is 19.5. The van der Waals surface area contributed by atoms with Gasteiger partial charge in [0.1, 0.15) is 6.04 Å². The maximum absolute atomic E-state index is 12.7. The van der Waals surface area contributed by atoms with Crippen LogP contribution >= 0.6 is 11.8 Å². The van der Waals surface area contributed by atoms with Crippen molar-refractivity contribution in [1.82, 2.24) is 10.6 Å². The van der Waals surface area contributed by atoms with Gasteiger partial charge < -0.3 is 10.6 Å². The number of thioether (sulfide) groups is 1. The van der Waals surface area contributed by atoms with Crippen LogP contribution in [0.1, 0.15) is 35.7 Å². The number of hydrogen-bond donors (Lipinski definition) is 2. The number of carbonyl (C=O) groups excluding carboxylic acids is 2. The summed E-state index contributed by atoms with van der Waals surface area (Å²) in [6.45, 7) is 2.01. The monoisotopic (exact) mass is 384 g/mol. The molecule has 0 aliphatic rings. The summed E-state index contributed by atoms with van der Waals surface area (Å²) >= 11 is 1.67.